The Hall–Kier alpha value is -2.26. The van der Waals surface area contributed by atoms with Crippen LogP contribution in [-0.4, -0.2) is 5.91 Å². The Labute approximate surface area is 195 Å². The first-order valence-corrected chi connectivity index (χ1v) is 11.7. The van der Waals surface area contributed by atoms with E-state index in [4.69, 9.17) is 27.6 Å². The lowest BCUT2D eigenvalue weighted by Crippen LogP contribution is -2.26. The Kier molecular flexibility index (Phi) is 5.91. The van der Waals surface area contributed by atoms with E-state index in [2.05, 4.69) is 32.2 Å². The summed E-state index contributed by atoms with van der Waals surface area (Å²) in [4.78, 5) is 14.0. The van der Waals surface area contributed by atoms with Gasteiger partial charge in [0.1, 0.15) is 16.8 Å². The first-order chi connectivity index (χ1) is 14.7. The summed E-state index contributed by atoms with van der Waals surface area (Å²) in [6.45, 7) is 6.77. The second-order valence-electron chi connectivity index (χ2n) is 8.87. The molecule has 0 spiro atoms. The molecule has 2 heterocycles. The number of anilines is 1. The number of rotatable bonds is 3. The first-order valence-electron chi connectivity index (χ1n) is 10.1. The van der Waals surface area contributed by atoms with Crippen LogP contribution in [0.4, 0.5) is 5.00 Å². The van der Waals surface area contributed by atoms with Crippen LogP contribution in [0.3, 0.4) is 0 Å². The van der Waals surface area contributed by atoms with E-state index in [-0.39, 0.29) is 17.1 Å². The van der Waals surface area contributed by atoms with Crippen molar-refractivity contribution in [2.75, 3.05) is 5.32 Å². The van der Waals surface area contributed by atoms with Gasteiger partial charge in [-0.15, -0.1) is 11.3 Å². The largest absolute Gasteiger partial charge is 0.451 e. The average molecular weight is 473 g/mol. The maximum absolute atomic E-state index is 12.8. The van der Waals surface area contributed by atoms with Crippen LogP contribution >= 0.6 is 34.5 Å². The van der Waals surface area contributed by atoms with E-state index in [1.807, 2.05) is 0 Å². The fourth-order valence-electron chi connectivity index (χ4n) is 3.99. The summed E-state index contributed by atoms with van der Waals surface area (Å²) in [5.74, 6) is 0.805. The Bertz CT molecular complexity index is 1200. The smallest absolute Gasteiger partial charge is 0.292 e. The van der Waals surface area contributed by atoms with Gasteiger partial charge in [0.2, 0.25) is 0 Å². The van der Waals surface area contributed by atoms with E-state index in [1.54, 1.807) is 30.3 Å². The number of carbonyl (C=O) groups is 1. The number of carbonyl (C=O) groups excluding carboxylic acids is 1. The van der Waals surface area contributed by atoms with Crippen LogP contribution in [0.1, 0.15) is 53.8 Å². The van der Waals surface area contributed by atoms with E-state index in [0.717, 1.165) is 24.8 Å². The molecule has 4 nitrogen and oxygen atoms in total. The molecule has 1 aromatic carbocycles. The number of benzene rings is 1. The highest BCUT2D eigenvalue weighted by Gasteiger charge is 2.32. The van der Waals surface area contributed by atoms with Gasteiger partial charge in [-0.1, -0.05) is 44.0 Å². The molecule has 160 valence electrons. The monoisotopic (exact) mass is 472 g/mol. The first kappa shape index (κ1) is 22.0. The van der Waals surface area contributed by atoms with Crippen molar-refractivity contribution >= 4 is 45.4 Å². The SMILES string of the molecule is CC(C)(C)[C@H]1CCc2c(sc(NC(=O)c3ccc(-c4ccc(Cl)cc4Cl)o3)c2C#N)C1. The Morgan fingerprint density at radius 3 is 2.71 bits per heavy atom. The lowest BCUT2D eigenvalue weighted by molar-refractivity contribution is 0.0998. The molecule has 0 aliphatic heterocycles. The summed E-state index contributed by atoms with van der Waals surface area (Å²) in [6, 6.07) is 10.7. The highest BCUT2D eigenvalue weighted by molar-refractivity contribution is 7.16. The molecule has 1 amide bonds. The van der Waals surface area contributed by atoms with E-state index in [9.17, 15) is 10.1 Å². The second kappa shape index (κ2) is 8.35. The number of amides is 1. The highest BCUT2D eigenvalue weighted by Crippen LogP contribution is 2.44. The van der Waals surface area contributed by atoms with Crippen molar-refractivity contribution in [3.8, 4) is 17.4 Å². The minimum atomic E-state index is -0.390. The summed E-state index contributed by atoms with van der Waals surface area (Å²) < 4.78 is 5.74. The van der Waals surface area contributed by atoms with E-state index < -0.39 is 0 Å². The van der Waals surface area contributed by atoms with Crippen molar-refractivity contribution in [2.24, 2.45) is 11.3 Å². The van der Waals surface area contributed by atoms with Gasteiger partial charge in [-0.2, -0.15) is 5.26 Å². The van der Waals surface area contributed by atoms with Gasteiger partial charge in [-0.25, -0.2) is 0 Å². The number of nitrogens with one attached hydrogen (secondary N) is 1. The lowest BCUT2D eigenvalue weighted by Gasteiger charge is -2.33. The average Bonchev–Trinajstić information content (AvgIpc) is 3.31. The molecule has 0 bridgehead atoms. The molecule has 0 saturated carbocycles. The third-order valence-electron chi connectivity index (χ3n) is 5.86. The molecule has 31 heavy (non-hydrogen) atoms. The fourth-order valence-corrected chi connectivity index (χ4v) is 5.76. The molecule has 0 unspecified atom stereocenters. The van der Waals surface area contributed by atoms with Crippen LogP contribution in [0, 0.1) is 22.7 Å². The van der Waals surface area contributed by atoms with Gasteiger partial charge in [0.05, 0.1) is 10.6 Å². The van der Waals surface area contributed by atoms with Crippen LogP contribution < -0.4 is 5.32 Å². The maximum atomic E-state index is 12.8. The fraction of sp³-hybridized carbons (Fsp3) is 0.333. The number of hydrogen-bond acceptors (Lipinski definition) is 4. The van der Waals surface area contributed by atoms with Crippen LogP contribution in [0.5, 0.6) is 0 Å². The summed E-state index contributed by atoms with van der Waals surface area (Å²) in [5, 5.41) is 14.2. The minimum absolute atomic E-state index is 0.156. The predicted octanol–water partition coefficient (Wildman–Crippen LogP) is 7.59. The van der Waals surface area contributed by atoms with Crippen molar-refractivity contribution in [3.05, 3.63) is 62.1 Å². The van der Waals surface area contributed by atoms with Gasteiger partial charge < -0.3 is 9.73 Å². The molecule has 1 atom stereocenters. The molecule has 0 fully saturated rings. The van der Waals surface area contributed by atoms with Crippen LogP contribution in [0.25, 0.3) is 11.3 Å². The van der Waals surface area contributed by atoms with Crippen molar-refractivity contribution in [1.82, 2.24) is 0 Å². The molecule has 1 aliphatic carbocycles. The van der Waals surface area contributed by atoms with Crippen molar-refractivity contribution in [1.29, 1.82) is 5.26 Å². The van der Waals surface area contributed by atoms with Gasteiger partial charge >= 0.3 is 0 Å². The quantitative estimate of drug-likeness (QED) is 0.426. The van der Waals surface area contributed by atoms with E-state index in [1.165, 1.54) is 16.2 Å². The molecule has 3 aromatic rings. The molecule has 2 aromatic heterocycles. The third-order valence-corrected chi connectivity index (χ3v) is 7.57. The van der Waals surface area contributed by atoms with Crippen molar-refractivity contribution in [3.63, 3.8) is 0 Å². The van der Waals surface area contributed by atoms with Gasteiger partial charge in [0, 0.05) is 15.5 Å². The molecular formula is C24H22Cl2N2O2S. The standard InChI is InChI=1S/C24H22Cl2N2O2S/c1-24(2,3)13-4-6-15-17(12-27)23(31-21(15)10-13)28-22(29)20-9-8-19(30-20)16-7-5-14(25)11-18(16)26/h5,7-9,11,13H,4,6,10H2,1-3H3,(H,28,29)/t13-/m0/s1. The normalized spacial score (nSPS) is 15.9. The van der Waals surface area contributed by atoms with Crippen molar-refractivity contribution < 1.29 is 9.21 Å². The zero-order valence-electron chi connectivity index (χ0n) is 17.5. The van der Waals surface area contributed by atoms with Crippen LogP contribution in [0.2, 0.25) is 10.0 Å². The summed E-state index contributed by atoms with van der Waals surface area (Å²) in [7, 11) is 0. The maximum Gasteiger partial charge on any atom is 0.292 e. The number of halogens is 2. The zero-order chi connectivity index (χ0) is 22.3. The van der Waals surface area contributed by atoms with E-state index >= 15 is 0 Å². The number of fused-ring (bicyclic) bond motifs is 1. The summed E-state index contributed by atoms with van der Waals surface area (Å²) in [5.41, 5.74) is 2.53. The zero-order valence-corrected chi connectivity index (χ0v) is 19.8. The Morgan fingerprint density at radius 2 is 2.03 bits per heavy atom. The van der Waals surface area contributed by atoms with Crippen LogP contribution in [-0.2, 0) is 12.8 Å². The number of nitriles is 1. The number of nitrogens with zero attached hydrogens (tertiary/aromatic N) is 1. The second-order valence-corrected chi connectivity index (χ2v) is 10.8. The number of hydrogen-bond donors (Lipinski definition) is 1. The van der Waals surface area contributed by atoms with Gasteiger partial charge in [-0.05, 0) is 66.5 Å². The van der Waals surface area contributed by atoms with Crippen LogP contribution in [0.15, 0.2) is 34.7 Å². The number of thiophene rings is 1. The molecule has 0 radical (unpaired) electrons. The molecule has 1 N–H and O–H groups in total. The topological polar surface area (TPSA) is 66.0 Å². The van der Waals surface area contributed by atoms with E-state index in [0.29, 0.717) is 37.9 Å². The molecule has 7 heteroatoms. The van der Waals surface area contributed by atoms with Gasteiger partial charge in [0.25, 0.3) is 5.91 Å². The summed E-state index contributed by atoms with van der Waals surface area (Å²) >= 11 is 13.7. The molecule has 1 aliphatic rings. The summed E-state index contributed by atoms with van der Waals surface area (Å²) in [6.07, 6.45) is 2.86. The minimum Gasteiger partial charge on any atom is -0.451 e. The van der Waals surface area contributed by atoms with Crippen molar-refractivity contribution in [2.45, 2.75) is 40.0 Å². The molecule has 0 saturated heterocycles. The molecule has 4 rings (SSSR count). The Balaban J connectivity index is 1.57. The van der Waals surface area contributed by atoms with Gasteiger partial charge in [0.15, 0.2) is 5.76 Å². The molecular weight excluding hydrogens is 451 g/mol. The Morgan fingerprint density at radius 1 is 1.26 bits per heavy atom. The highest BCUT2D eigenvalue weighted by atomic mass is 35.5. The number of furan rings is 1. The van der Waals surface area contributed by atoms with Gasteiger partial charge in [-0.3, -0.25) is 4.79 Å². The predicted molar refractivity (Wildman–Crippen MR) is 126 cm³/mol. The lowest BCUT2D eigenvalue weighted by atomic mass is 9.72. The third kappa shape index (κ3) is 4.39.